The number of hydrogen-bond acceptors (Lipinski definition) is 2. The molecule has 0 spiro atoms. The Balaban J connectivity index is 3.01. The fourth-order valence-electron chi connectivity index (χ4n) is 1.49. The lowest BCUT2D eigenvalue weighted by atomic mass is 10.0. The smallest absolute Gasteiger partial charge is 0.0836 e. The molecule has 13 heavy (non-hydrogen) atoms. The molecule has 0 saturated carbocycles. The molecule has 0 heterocycles. The molecular formula is C11H23NO. The zero-order valence-electron chi connectivity index (χ0n) is 9.09. The predicted molar refractivity (Wildman–Crippen MR) is 57.8 cm³/mol. The third kappa shape index (κ3) is 9.51. The largest absolute Gasteiger partial charge is 0.151 e. The summed E-state index contributed by atoms with van der Waals surface area (Å²) in [5, 5.41) is 2.91. The SMILES string of the molecule is CCCCCCCCC(C)CN=O. The Labute approximate surface area is 82.1 Å². The van der Waals surface area contributed by atoms with Crippen molar-refractivity contribution in [2.24, 2.45) is 11.1 Å². The summed E-state index contributed by atoms with van der Waals surface area (Å²) in [7, 11) is 0. The Bertz CT molecular complexity index is 115. The van der Waals surface area contributed by atoms with Gasteiger partial charge < -0.3 is 0 Å². The molecule has 0 aliphatic carbocycles. The fraction of sp³-hybridized carbons (Fsp3) is 1.00. The standard InChI is InChI=1S/C11H23NO/c1-3-4-5-6-7-8-9-11(2)10-12-13/h11H,3-10H2,1-2H3. The first-order chi connectivity index (χ1) is 6.31. The minimum atomic E-state index is 0.490. The summed E-state index contributed by atoms with van der Waals surface area (Å²) >= 11 is 0. The van der Waals surface area contributed by atoms with E-state index >= 15 is 0 Å². The second-order valence-electron chi connectivity index (χ2n) is 3.97. The fourth-order valence-corrected chi connectivity index (χ4v) is 1.49. The molecule has 0 rings (SSSR count). The Morgan fingerprint density at radius 2 is 1.69 bits per heavy atom. The van der Waals surface area contributed by atoms with E-state index in [0.717, 1.165) is 6.42 Å². The Hall–Kier alpha value is -0.400. The van der Waals surface area contributed by atoms with Gasteiger partial charge in [-0.05, 0) is 12.3 Å². The highest BCUT2D eigenvalue weighted by Crippen LogP contribution is 2.11. The average Bonchev–Trinajstić information content (AvgIpc) is 2.11. The summed E-state index contributed by atoms with van der Waals surface area (Å²) in [4.78, 5) is 9.94. The first kappa shape index (κ1) is 12.6. The van der Waals surface area contributed by atoms with E-state index in [-0.39, 0.29) is 0 Å². The summed E-state index contributed by atoms with van der Waals surface area (Å²) in [6, 6.07) is 0. The van der Waals surface area contributed by atoms with Crippen LogP contribution in [-0.2, 0) is 0 Å². The van der Waals surface area contributed by atoms with Crippen molar-refractivity contribution >= 4 is 0 Å². The van der Waals surface area contributed by atoms with Gasteiger partial charge in [0.05, 0.1) is 6.54 Å². The van der Waals surface area contributed by atoms with E-state index in [0.29, 0.717) is 12.5 Å². The molecule has 0 aromatic heterocycles. The number of hydrogen-bond donors (Lipinski definition) is 0. The van der Waals surface area contributed by atoms with E-state index in [1.807, 2.05) is 0 Å². The molecule has 0 aliphatic heterocycles. The van der Waals surface area contributed by atoms with Gasteiger partial charge >= 0.3 is 0 Å². The van der Waals surface area contributed by atoms with Crippen molar-refractivity contribution in [1.82, 2.24) is 0 Å². The van der Waals surface area contributed by atoms with Gasteiger partial charge in [0.1, 0.15) is 0 Å². The summed E-state index contributed by atoms with van der Waals surface area (Å²) in [5.41, 5.74) is 0. The van der Waals surface area contributed by atoms with Crippen molar-refractivity contribution in [1.29, 1.82) is 0 Å². The van der Waals surface area contributed by atoms with Crippen molar-refractivity contribution in [3.05, 3.63) is 4.91 Å². The van der Waals surface area contributed by atoms with E-state index in [9.17, 15) is 4.91 Å². The zero-order valence-corrected chi connectivity index (χ0v) is 9.09. The van der Waals surface area contributed by atoms with Gasteiger partial charge in [0.2, 0.25) is 0 Å². The van der Waals surface area contributed by atoms with Crippen LogP contribution in [0.3, 0.4) is 0 Å². The summed E-state index contributed by atoms with van der Waals surface area (Å²) in [6.45, 7) is 4.83. The highest BCUT2D eigenvalue weighted by atomic mass is 16.3. The van der Waals surface area contributed by atoms with Crippen molar-refractivity contribution in [2.45, 2.75) is 58.8 Å². The van der Waals surface area contributed by atoms with Crippen molar-refractivity contribution in [3.8, 4) is 0 Å². The summed E-state index contributed by atoms with van der Waals surface area (Å²) < 4.78 is 0. The number of nitrogens with zero attached hydrogens (tertiary/aromatic N) is 1. The molecule has 2 heteroatoms. The number of unbranched alkanes of at least 4 members (excludes halogenated alkanes) is 5. The first-order valence-electron chi connectivity index (χ1n) is 5.60. The van der Waals surface area contributed by atoms with Crippen LogP contribution in [0, 0.1) is 10.8 Å². The van der Waals surface area contributed by atoms with Crippen LogP contribution < -0.4 is 0 Å². The lowest BCUT2D eigenvalue weighted by Gasteiger charge is -2.05. The minimum absolute atomic E-state index is 0.490. The van der Waals surface area contributed by atoms with Gasteiger partial charge in [0, 0.05) is 0 Å². The molecule has 1 atom stereocenters. The van der Waals surface area contributed by atoms with Crippen LogP contribution in [0.5, 0.6) is 0 Å². The third-order valence-corrected chi connectivity index (χ3v) is 2.44. The van der Waals surface area contributed by atoms with Crippen LogP contribution in [-0.4, -0.2) is 6.54 Å². The van der Waals surface area contributed by atoms with Crippen LogP contribution in [0.1, 0.15) is 58.8 Å². The maximum atomic E-state index is 9.94. The topological polar surface area (TPSA) is 29.4 Å². The normalized spacial score (nSPS) is 12.8. The molecule has 0 aromatic carbocycles. The Morgan fingerprint density at radius 1 is 1.08 bits per heavy atom. The van der Waals surface area contributed by atoms with E-state index in [1.54, 1.807) is 0 Å². The first-order valence-corrected chi connectivity index (χ1v) is 5.60. The Morgan fingerprint density at radius 3 is 2.31 bits per heavy atom. The lowest BCUT2D eigenvalue weighted by Crippen LogP contribution is -1.98. The van der Waals surface area contributed by atoms with E-state index < -0.39 is 0 Å². The van der Waals surface area contributed by atoms with E-state index in [2.05, 4.69) is 19.0 Å². The summed E-state index contributed by atoms with van der Waals surface area (Å²) in [6.07, 6.45) is 9.16. The van der Waals surface area contributed by atoms with Crippen LogP contribution in [0.15, 0.2) is 5.18 Å². The molecule has 0 amide bonds. The van der Waals surface area contributed by atoms with Crippen LogP contribution in [0.25, 0.3) is 0 Å². The monoisotopic (exact) mass is 185 g/mol. The molecule has 0 aromatic rings. The molecule has 0 radical (unpaired) electrons. The molecule has 0 N–H and O–H groups in total. The highest BCUT2D eigenvalue weighted by Gasteiger charge is 2.00. The molecule has 1 unspecified atom stereocenters. The van der Waals surface area contributed by atoms with Gasteiger partial charge in [0.15, 0.2) is 0 Å². The van der Waals surface area contributed by atoms with Crippen molar-refractivity contribution < 1.29 is 0 Å². The molecule has 78 valence electrons. The number of rotatable bonds is 9. The van der Waals surface area contributed by atoms with E-state index in [4.69, 9.17) is 0 Å². The molecule has 0 fully saturated rings. The van der Waals surface area contributed by atoms with Gasteiger partial charge in [-0.15, -0.1) is 0 Å². The lowest BCUT2D eigenvalue weighted by molar-refractivity contribution is 0.491. The predicted octanol–water partition coefficient (Wildman–Crippen LogP) is 4.14. The maximum absolute atomic E-state index is 9.94. The van der Waals surface area contributed by atoms with Crippen LogP contribution in [0.2, 0.25) is 0 Å². The third-order valence-electron chi connectivity index (χ3n) is 2.44. The van der Waals surface area contributed by atoms with Crippen molar-refractivity contribution in [2.75, 3.05) is 6.54 Å². The Kier molecular flexibility index (Phi) is 9.39. The van der Waals surface area contributed by atoms with E-state index in [1.165, 1.54) is 38.5 Å². The summed E-state index contributed by atoms with van der Waals surface area (Å²) in [5.74, 6) is 0.490. The molecule has 0 bridgehead atoms. The van der Waals surface area contributed by atoms with Crippen LogP contribution in [0.4, 0.5) is 0 Å². The van der Waals surface area contributed by atoms with Crippen molar-refractivity contribution in [3.63, 3.8) is 0 Å². The van der Waals surface area contributed by atoms with Gasteiger partial charge in [-0.3, -0.25) is 0 Å². The zero-order chi connectivity index (χ0) is 9.94. The molecule has 0 saturated heterocycles. The molecular weight excluding hydrogens is 162 g/mol. The minimum Gasteiger partial charge on any atom is -0.151 e. The molecule has 2 nitrogen and oxygen atoms in total. The second-order valence-corrected chi connectivity index (χ2v) is 3.97. The van der Waals surface area contributed by atoms with Gasteiger partial charge in [-0.2, -0.15) is 4.91 Å². The van der Waals surface area contributed by atoms with Gasteiger partial charge in [-0.25, -0.2) is 0 Å². The number of nitroso groups, excluding NO2 is 1. The molecule has 0 aliphatic rings. The van der Waals surface area contributed by atoms with Gasteiger partial charge in [-0.1, -0.05) is 57.5 Å². The average molecular weight is 185 g/mol. The second kappa shape index (κ2) is 9.69. The highest BCUT2D eigenvalue weighted by molar-refractivity contribution is 4.56. The van der Waals surface area contributed by atoms with Gasteiger partial charge in [0.25, 0.3) is 0 Å². The quantitative estimate of drug-likeness (QED) is 0.392. The maximum Gasteiger partial charge on any atom is 0.0836 e. The van der Waals surface area contributed by atoms with Crippen LogP contribution >= 0.6 is 0 Å².